The second-order valence-electron chi connectivity index (χ2n) is 5.49. The summed E-state index contributed by atoms with van der Waals surface area (Å²) in [6, 6.07) is 1.87. The van der Waals surface area contributed by atoms with E-state index >= 15 is 0 Å². The number of amides is 1. The normalized spacial score (nSPS) is 16.8. The van der Waals surface area contributed by atoms with Crippen LogP contribution in [0.1, 0.15) is 13.8 Å². The molecule has 116 valence electrons. The quantitative estimate of drug-likeness (QED) is 0.868. The van der Waals surface area contributed by atoms with Gasteiger partial charge in [0.2, 0.25) is 5.91 Å². The van der Waals surface area contributed by atoms with Crippen molar-refractivity contribution < 1.29 is 13.6 Å². The molecule has 0 atom stereocenters. The molecule has 1 aliphatic rings. The van der Waals surface area contributed by atoms with Gasteiger partial charge < -0.3 is 10.6 Å². The lowest BCUT2D eigenvalue weighted by molar-refractivity contribution is -0.126. The molecule has 0 bridgehead atoms. The van der Waals surface area contributed by atoms with Crippen LogP contribution in [0.4, 0.5) is 14.5 Å². The van der Waals surface area contributed by atoms with Gasteiger partial charge in [-0.15, -0.1) is 0 Å². The number of anilines is 1. The van der Waals surface area contributed by atoms with Crippen LogP contribution in [0, 0.1) is 11.6 Å². The maximum atomic E-state index is 13.8. The van der Waals surface area contributed by atoms with E-state index in [2.05, 4.69) is 26.6 Å². The summed E-state index contributed by atoms with van der Waals surface area (Å²) in [5, 5.41) is 5.77. The molecule has 2 N–H and O–H groups in total. The second kappa shape index (κ2) is 6.37. The van der Waals surface area contributed by atoms with E-state index in [0.29, 0.717) is 0 Å². The van der Waals surface area contributed by atoms with Gasteiger partial charge in [-0.25, -0.2) is 8.78 Å². The lowest BCUT2D eigenvalue weighted by Gasteiger charge is -2.39. The molecule has 1 saturated heterocycles. The summed E-state index contributed by atoms with van der Waals surface area (Å²) in [4.78, 5) is 14.5. The van der Waals surface area contributed by atoms with Gasteiger partial charge in [0.25, 0.3) is 0 Å². The van der Waals surface area contributed by atoms with E-state index in [1.54, 1.807) is 13.8 Å². The van der Waals surface area contributed by atoms with Gasteiger partial charge in [-0.05, 0) is 35.8 Å². The zero-order valence-corrected chi connectivity index (χ0v) is 13.6. The van der Waals surface area contributed by atoms with E-state index in [9.17, 15) is 13.6 Å². The highest BCUT2D eigenvalue weighted by molar-refractivity contribution is 9.10. The number of carbonyl (C=O) groups excluding carboxylic acids is 1. The van der Waals surface area contributed by atoms with E-state index in [-0.39, 0.29) is 16.1 Å². The highest BCUT2D eigenvalue weighted by Crippen LogP contribution is 2.28. The summed E-state index contributed by atoms with van der Waals surface area (Å²) < 4.78 is 27.1. The first kappa shape index (κ1) is 16.3. The van der Waals surface area contributed by atoms with Gasteiger partial charge in [-0.1, -0.05) is 0 Å². The third kappa shape index (κ3) is 3.59. The van der Waals surface area contributed by atoms with Crippen molar-refractivity contribution >= 4 is 27.5 Å². The Hall–Kier alpha value is -1.05. The Balaban J connectivity index is 2.17. The zero-order chi connectivity index (χ0) is 15.6. The minimum Gasteiger partial charge on any atom is -0.321 e. The van der Waals surface area contributed by atoms with Gasteiger partial charge in [-0.2, -0.15) is 0 Å². The number of nitrogens with one attached hydrogen (secondary N) is 2. The summed E-state index contributed by atoms with van der Waals surface area (Å²) in [5.41, 5.74) is -0.813. The predicted molar refractivity (Wildman–Crippen MR) is 81.2 cm³/mol. The predicted octanol–water partition coefficient (Wildman–Crippen LogP) is 2.35. The molecule has 1 aliphatic heterocycles. The molecule has 0 aromatic heterocycles. The molecule has 1 heterocycles. The number of rotatable bonds is 3. The molecular formula is C14H18BrF2N3O. The molecule has 21 heavy (non-hydrogen) atoms. The van der Waals surface area contributed by atoms with E-state index in [0.717, 1.165) is 38.3 Å². The maximum Gasteiger partial charge on any atom is 0.244 e. The van der Waals surface area contributed by atoms with Crippen molar-refractivity contribution in [3.8, 4) is 0 Å². The number of hydrogen-bond acceptors (Lipinski definition) is 3. The molecule has 2 rings (SSSR count). The average molecular weight is 362 g/mol. The number of carbonyl (C=O) groups is 1. The van der Waals surface area contributed by atoms with Crippen molar-refractivity contribution in [2.45, 2.75) is 19.4 Å². The molecule has 0 aliphatic carbocycles. The Morgan fingerprint density at radius 2 is 1.95 bits per heavy atom. The standard InChI is InChI=1S/C14H18BrF2N3O/c1-14(2,20-5-3-18-4-6-20)13(21)19-12-10(15)7-9(16)8-11(12)17/h7-8,18H,3-6H2,1-2H3,(H,19,21). The first-order chi connectivity index (χ1) is 9.82. The minimum absolute atomic E-state index is 0.0374. The summed E-state index contributed by atoms with van der Waals surface area (Å²) >= 11 is 3.07. The SMILES string of the molecule is CC(C)(C(=O)Nc1c(F)cc(F)cc1Br)N1CCNCC1. The Bertz CT molecular complexity index is 522. The lowest BCUT2D eigenvalue weighted by atomic mass is 10.00. The number of halogens is 3. The largest absolute Gasteiger partial charge is 0.321 e. The van der Waals surface area contributed by atoms with Gasteiger partial charge in [0, 0.05) is 36.7 Å². The molecule has 1 amide bonds. The van der Waals surface area contributed by atoms with Gasteiger partial charge in [0.1, 0.15) is 5.82 Å². The zero-order valence-electron chi connectivity index (χ0n) is 12.0. The van der Waals surface area contributed by atoms with Crippen LogP contribution in [0.2, 0.25) is 0 Å². The second-order valence-corrected chi connectivity index (χ2v) is 6.35. The fraction of sp³-hybridized carbons (Fsp3) is 0.500. The minimum atomic E-state index is -0.800. The fourth-order valence-electron chi connectivity index (χ4n) is 2.30. The van der Waals surface area contributed by atoms with Crippen LogP contribution in [0.15, 0.2) is 16.6 Å². The van der Waals surface area contributed by atoms with Crippen molar-refractivity contribution in [2.75, 3.05) is 31.5 Å². The van der Waals surface area contributed by atoms with Crippen molar-refractivity contribution in [1.29, 1.82) is 0 Å². The molecule has 0 radical (unpaired) electrons. The Morgan fingerprint density at radius 1 is 1.33 bits per heavy atom. The molecule has 0 saturated carbocycles. The van der Waals surface area contributed by atoms with E-state index in [1.165, 1.54) is 0 Å². The monoisotopic (exact) mass is 361 g/mol. The average Bonchev–Trinajstić information content (AvgIpc) is 2.43. The van der Waals surface area contributed by atoms with Crippen LogP contribution >= 0.6 is 15.9 Å². The summed E-state index contributed by atoms with van der Waals surface area (Å²) in [5.74, 6) is -1.82. The number of hydrogen-bond donors (Lipinski definition) is 2. The smallest absolute Gasteiger partial charge is 0.244 e. The number of nitrogens with zero attached hydrogens (tertiary/aromatic N) is 1. The number of benzene rings is 1. The van der Waals surface area contributed by atoms with Crippen molar-refractivity contribution in [2.24, 2.45) is 0 Å². The molecule has 0 spiro atoms. The summed E-state index contributed by atoms with van der Waals surface area (Å²) in [6.07, 6.45) is 0. The van der Waals surface area contributed by atoms with Crippen molar-refractivity contribution in [3.63, 3.8) is 0 Å². The van der Waals surface area contributed by atoms with Gasteiger partial charge in [-0.3, -0.25) is 9.69 Å². The highest BCUT2D eigenvalue weighted by atomic mass is 79.9. The first-order valence-corrected chi connectivity index (χ1v) is 7.53. The van der Waals surface area contributed by atoms with Crippen molar-refractivity contribution in [3.05, 3.63) is 28.2 Å². The summed E-state index contributed by atoms with van der Waals surface area (Å²) in [6.45, 7) is 6.70. The molecule has 4 nitrogen and oxygen atoms in total. The molecule has 0 unspecified atom stereocenters. The molecule has 7 heteroatoms. The van der Waals surface area contributed by atoms with E-state index in [1.807, 2.05) is 4.90 Å². The number of piperazine rings is 1. The topological polar surface area (TPSA) is 44.4 Å². The molecule has 1 fully saturated rings. The fourth-order valence-corrected chi connectivity index (χ4v) is 2.80. The Morgan fingerprint density at radius 3 is 2.52 bits per heavy atom. The van der Waals surface area contributed by atoms with Crippen LogP contribution in [-0.4, -0.2) is 42.5 Å². The van der Waals surface area contributed by atoms with E-state index < -0.39 is 17.2 Å². The lowest BCUT2D eigenvalue weighted by Crippen LogP contribution is -2.58. The van der Waals surface area contributed by atoms with Crippen molar-refractivity contribution in [1.82, 2.24) is 10.2 Å². The first-order valence-electron chi connectivity index (χ1n) is 6.74. The Labute approximate surface area is 131 Å². The molecular weight excluding hydrogens is 344 g/mol. The van der Waals surface area contributed by atoms with Crippen LogP contribution in [-0.2, 0) is 4.79 Å². The highest BCUT2D eigenvalue weighted by Gasteiger charge is 2.35. The third-order valence-electron chi connectivity index (χ3n) is 3.71. The maximum absolute atomic E-state index is 13.8. The van der Waals surface area contributed by atoms with Crippen LogP contribution in [0.3, 0.4) is 0 Å². The van der Waals surface area contributed by atoms with Gasteiger partial charge in [0.15, 0.2) is 5.82 Å². The Kier molecular flexibility index (Phi) is 4.95. The molecule has 1 aromatic rings. The van der Waals surface area contributed by atoms with E-state index in [4.69, 9.17) is 0 Å². The van der Waals surface area contributed by atoms with Crippen LogP contribution in [0.5, 0.6) is 0 Å². The van der Waals surface area contributed by atoms with Crippen LogP contribution < -0.4 is 10.6 Å². The summed E-state index contributed by atoms with van der Waals surface area (Å²) in [7, 11) is 0. The third-order valence-corrected chi connectivity index (χ3v) is 4.33. The molecule has 1 aromatic carbocycles. The van der Waals surface area contributed by atoms with Gasteiger partial charge in [0.05, 0.1) is 11.2 Å². The van der Waals surface area contributed by atoms with Gasteiger partial charge >= 0.3 is 0 Å². The van der Waals surface area contributed by atoms with Crippen LogP contribution in [0.25, 0.3) is 0 Å².